The highest BCUT2D eigenvalue weighted by atomic mass is 16.4. The van der Waals surface area contributed by atoms with Crippen molar-refractivity contribution in [3.8, 4) is 0 Å². The van der Waals surface area contributed by atoms with Crippen molar-refractivity contribution in [2.75, 3.05) is 26.2 Å². The number of oxazole rings is 4. The molecular weight excluding hydrogens is 1340 g/mol. The second-order valence-electron chi connectivity index (χ2n) is 42.0. The fourth-order valence-electron chi connectivity index (χ4n) is 11.0. The van der Waals surface area contributed by atoms with Gasteiger partial charge in [-0.2, -0.15) is 0 Å². The standard InChI is InChI=1S/C11H19N.2C10H17N.C10H16O.3C9H15NO.C9H15N.C9H14O.C8H13NO/c1-8-7-12-9(2)10(8)6-11(3,4)5;1-8-5-9(11-7-8)6-10(2,3)4;1-8-5-6-11-9(8)7-10(2,3)4;1-8-5-9(11-7-8)6-10(2,3)4;1-7-10-8(6-11-7)5-9(2,3)4;1-7-10-6-8(11-7)5-9(2,3)4;1-7-6-10-8(11-7)5-9(2,3)4;2*1-9(2,3)7-8-5-4-6-10-8;1-8(2,3)4-7-5-10-6-9-7/h6-7H2,1-5H3;2*5H,6-7H2,1-4H3;5,7H,6H2,1-4H3;3*6H,5H2,1-4H3;4-5H,6-7H2,1-3H3;4-6H,7H2,1-3H3;5-6H,4H2,1-3H3. The maximum absolute atomic E-state index is 5.35. The zero-order valence-corrected chi connectivity index (χ0v) is 76.0. The average Bonchev–Trinajstić information content (AvgIpc) is 1.73. The fourth-order valence-corrected chi connectivity index (χ4v) is 11.0. The molecule has 0 radical (unpaired) electrons. The highest BCUT2D eigenvalue weighted by Gasteiger charge is 2.23. The summed E-state index contributed by atoms with van der Waals surface area (Å²) < 4.78 is 31.2. The van der Waals surface area contributed by atoms with Gasteiger partial charge >= 0.3 is 0 Å². The molecule has 14 heteroatoms. The van der Waals surface area contributed by atoms with Crippen LogP contribution in [0.3, 0.4) is 0 Å². The van der Waals surface area contributed by atoms with Crippen LogP contribution in [0.25, 0.3) is 0 Å². The summed E-state index contributed by atoms with van der Waals surface area (Å²) in [4.78, 5) is 34.0. The van der Waals surface area contributed by atoms with E-state index in [0.717, 1.165) is 142 Å². The van der Waals surface area contributed by atoms with Crippen LogP contribution < -0.4 is 0 Å². The van der Waals surface area contributed by atoms with E-state index in [1.54, 1.807) is 37.4 Å². The number of aryl methyl sites for hydroxylation is 4. The molecule has 4 aliphatic rings. The van der Waals surface area contributed by atoms with E-state index in [1.165, 1.54) is 57.1 Å². The second-order valence-corrected chi connectivity index (χ2v) is 42.0. The van der Waals surface area contributed by atoms with Crippen LogP contribution in [0.15, 0.2) is 155 Å². The first-order valence-corrected chi connectivity index (χ1v) is 39.5. The van der Waals surface area contributed by atoms with Gasteiger partial charge in [0.1, 0.15) is 35.6 Å². The number of rotatable bonds is 10. The molecule has 0 saturated heterocycles. The van der Waals surface area contributed by atoms with E-state index < -0.39 is 0 Å². The van der Waals surface area contributed by atoms with Crippen molar-refractivity contribution < 1.29 is 26.5 Å². The number of hydrogen-bond donors (Lipinski definition) is 0. The van der Waals surface area contributed by atoms with Crippen molar-refractivity contribution in [2.24, 2.45) is 74.1 Å². The lowest BCUT2D eigenvalue weighted by atomic mass is 9.85. The van der Waals surface area contributed by atoms with E-state index >= 15 is 0 Å². The van der Waals surface area contributed by atoms with Gasteiger partial charge in [0.15, 0.2) is 24.1 Å². The second kappa shape index (κ2) is 44.2. The molecule has 6 aromatic heterocycles. The predicted molar refractivity (Wildman–Crippen MR) is 462 cm³/mol. The Morgan fingerprint density at radius 1 is 0.407 bits per heavy atom. The summed E-state index contributed by atoms with van der Waals surface area (Å²) >= 11 is 0. The predicted octanol–water partition coefficient (Wildman–Crippen LogP) is 27.3. The molecule has 14 nitrogen and oxygen atoms in total. The molecule has 0 bridgehead atoms. The minimum Gasteiger partial charge on any atom is -0.469 e. The average molecular weight is 1490 g/mol. The number of hydrogen-bond acceptors (Lipinski definition) is 14. The number of furan rings is 2. The smallest absolute Gasteiger partial charge is 0.194 e. The highest BCUT2D eigenvalue weighted by molar-refractivity contribution is 6.02. The first kappa shape index (κ1) is 99.0. The van der Waals surface area contributed by atoms with Crippen molar-refractivity contribution in [3.63, 3.8) is 0 Å². The van der Waals surface area contributed by atoms with Gasteiger partial charge in [0.25, 0.3) is 0 Å². The molecule has 0 saturated carbocycles. The van der Waals surface area contributed by atoms with Gasteiger partial charge in [-0.25, -0.2) is 19.9 Å². The molecular formula is C94H156N8O6. The summed E-state index contributed by atoms with van der Waals surface area (Å²) in [7, 11) is 0. The van der Waals surface area contributed by atoms with E-state index in [9.17, 15) is 0 Å². The van der Waals surface area contributed by atoms with E-state index in [4.69, 9.17) is 26.5 Å². The van der Waals surface area contributed by atoms with Crippen LogP contribution in [0.5, 0.6) is 0 Å². The molecule has 4 aliphatic heterocycles. The van der Waals surface area contributed by atoms with Gasteiger partial charge in [0.05, 0.1) is 62.5 Å². The van der Waals surface area contributed by atoms with Crippen LogP contribution in [-0.4, -0.2) is 69.0 Å². The van der Waals surface area contributed by atoms with Crippen LogP contribution in [0.2, 0.25) is 0 Å². The van der Waals surface area contributed by atoms with Crippen molar-refractivity contribution in [1.82, 2.24) is 19.9 Å². The van der Waals surface area contributed by atoms with E-state index in [-0.39, 0.29) is 10.8 Å². The lowest BCUT2D eigenvalue weighted by Gasteiger charge is -2.19. The zero-order chi connectivity index (χ0) is 83.1. The number of aliphatic imine (C=N–C) groups is 4. The number of allylic oxidation sites excluding steroid dienone is 4. The lowest BCUT2D eigenvalue weighted by Crippen LogP contribution is -2.12. The molecule has 0 fully saturated rings. The van der Waals surface area contributed by atoms with Crippen LogP contribution >= 0.6 is 0 Å². The summed E-state index contributed by atoms with van der Waals surface area (Å²) in [5.74, 6) is 6.39. The Labute approximate surface area is 659 Å². The van der Waals surface area contributed by atoms with Crippen molar-refractivity contribution in [1.29, 1.82) is 0 Å². The molecule has 0 aliphatic carbocycles. The summed E-state index contributed by atoms with van der Waals surface area (Å²) in [6, 6.07) is 6.05. The maximum Gasteiger partial charge on any atom is 0.194 e. The fraction of sp³-hybridized carbons (Fsp3) is 0.660. The van der Waals surface area contributed by atoms with Gasteiger partial charge < -0.3 is 26.5 Å². The Morgan fingerprint density at radius 2 is 0.935 bits per heavy atom. The molecule has 0 amide bonds. The molecule has 0 spiro atoms. The van der Waals surface area contributed by atoms with Gasteiger partial charge in [0.2, 0.25) is 0 Å². The molecule has 0 aromatic carbocycles. The molecule has 0 atom stereocenters. The number of aromatic nitrogens is 4. The molecule has 10 heterocycles. The quantitative estimate of drug-likeness (QED) is 0.128. The molecule has 6 aromatic rings. The SMILES string of the molecule is CC(C)(C)CC1=NCC=C1.CC(C)(C)Cc1ccco1.CC(C)(C)Cc1cocn1.CC1=CC(CC(C)(C)C)=NC1.CC1=CCN=C1CC(C)(C)C.CC1=NCC(C)=C1CC(C)(C)C.Cc1cnc(CC(C)(C)C)o1.Cc1coc(CC(C)(C)C)c1.Cc1nc(CC(C)(C)C)co1.Cc1ncc(CC(C)(C)C)o1. The van der Waals surface area contributed by atoms with Crippen molar-refractivity contribution in [3.05, 3.63) is 166 Å². The monoisotopic (exact) mass is 1490 g/mol. The third kappa shape index (κ3) is 54.6. The lowest BCUT2D eigenvalue weighted by molar-refractivity contribution is 0.349. The Bertz CT molecular complexity index is 3490. The van der Waals surface area contributed by atoms with E-state index in [0.29, 0.717) is 43.3 Å². The Hall–Kier alpha value is -6.96. The van der Waals surface area contributed by atoms with Crippen LogP contribution in [0.4, 0.5) is 0 Å². The summed E-state index contributed by atoms with van der Waals surface area (Å²) in [6.45, 7) is 86.4. The van der Waals surface area contributed by atoms with Crippen LogP contribution in [0.1, 0.15) is 319 Å². The zero-order valence-electron chi connectivity index (χ0n) is 76.0. The first-order valence-electron chi connectivity index (χ1n) is 39.5. The molecule has 0 unspecified atom stereocenters. The summed E-state index contributed by atoms with van der Waals surface area (Å²) in [5.41, 5.74) is 17.4. The Morgan fingerprint density at radius 3 is 1.31 bits per heavy atom. The van der Waals surface area contributed by atoms with Crippen LogP contribution in [0, 0.1) is 81.8 Å². The van der Waals surface area contributed by atoms with Gasteiger partial charge in [-0.1, -0.05) is 225 Å². The molecule has 108 heavy (non-hydrogen) atoms. The van der Waals surface area contributed by atoms with Gasteiger partial charge in [0, 0.05) is 62.4 Å². The molecule has 0 N–H and O–H groups in total. The molecule has 608 valence electrons. The Balaban J connectivity index is 0.000000600. The summed E-state index contributed by atoms with van der Waals surface area (Å²) in [5, 5.41) is 0. The maximum atomic E-state index is 5.35. The van der Waals surface area contributed by atoms with Crippen molar-refractivity contribution in [2.45, 2.75) is 327 Å². The molecule has 10 rings (SSSR count). The normalized spacial score (nSPS) is 14.5. The minimum atomic E-state index is 0.261. The Kier molecular flexibility index (Phi) is 40.5. The minimum absolute atomic E-state index is 0.261. The largest absolute Gasteiger partial charge is 0.469 e. The third-order valence-corrected chi connectivity index (χ3v) is 15.2. The number of nitrogens with zero attached hydrogens (tertiary/aromatic N) is 8. The van der Waals surface area contributed by atoms with Gasteiger partial charge in [-0.3, -0.25) is 20.0 Å². The van der Waals surface area contributed by atoms with E-state index in [2.05, 4.69) is 313 Å². The van der Waals surface area contributed by atoms with Gasteiger partial charge in [-0.15, -0.1) is 0 Å². The van der Waals surface area contributed by atoms with Crippen molar-refractivity contribution >= 4 is 22.8 Å². The third-order valence-electron chi connectivity index (χ3n) is 15.2. The van der Waals surface area contributed by atoms with Gasteiger partial charge in [-0.05, 0) is 187 Å². The highest BCUT2D eigenvalue weighted by Crippen LogP contribution is 2.31. The topological polar surface area (TPSA) is 180 Å². The summed E-state index contributed by atoms with van der Waals surface area (Å²) in [6.07, 6.45) is 31.0. The van der Waals surface area contributed by atoms with Crippen LogP contribution in [-0.2, 0) is 38.5 Å². The first-order chi connectivity index (χ1) is 49.0. The van der Waals surface area contributed by atoms with E-state index in [1.807, 2.05) is 32.9 Å².